The van der Waals surface area contributed by atoms with Gasteiger partial charge in [-0.25, -0.2) is 0 Å². The molecule has 0 unspecified atom stereocenters. The fraction of sp³-hybridized carbons (Fsp3) is 0.0952. The minimum absolute atomic E-state index is 0.0694. The quantitative estimate of drug-likeness (QED) is 0.468. The monoisotopic (exact) mass is 346 g/mol. The van der Waals surface area contributed by atoms with Gasteiger partial charge in [-0.1, -0.05) is 30.3 Å². The summed E-state index contributed by atoms with van der Waals surface area (Å²) >= 11 is 0. The number of aliphatic hydroxyl groups is 1. The first-order valence-electron chi connectivity index (χ1n) is 8.37. The van der Waals surface area contributed by atoms with Crippen molar-refractivity contribution in [3.8, 4) is 17.2 Å². The molecule has 0 aliphatic carbocycles. The fourth-order valence-corrected chi connectivity index (χ4v) is 3.03. The largest absolute Gasteiger partial charge is 0.494 e. The summed E-state index contributed by atoms with van der Waals surface area (Å²) in [7, 11) is 0. The Morgan fingerprint density at radius 2 is 1.96 bits per heavy atom. The fourth-order valence-electron chi connectivity index (χ4n) is 3.03. The Hall–Kier alpha value is -3.31. The van der Waals surface area contributed by atoms with Crippen LogP contribution in [0, 0.1) is 0 Å². The van der Waals surface area contributed by atoms with Gasteiger partial charge < -0.3 is 19.6 Å². The molecule has 0 bridgehead atoms. The molecule has 0 atom stereocenters. The van der Waals surface area contributed by atoms with Gasteiger partial charge in [-0.3, -0.25) is 4.99 Å². The first-order chi connectivity index (χ1) is 12.8. The van der Waals surface area contributed by atoms with E-state index in [-0.39, 0.29) is 12.5 Å². The number of H-pyrrole nitrogens is 1. The average Bonchev–Trinajstić information content (AvgIpc) is 3.28. The molecule has 4 aromatic rings. The third-order valence-corrected chi connectivity index (χ3v) is 4.33. The zero-order valence-corrected chi connectivity index (χ0v) is 14.0. The Kier molecular flexibility index (Phi) is 4.29. The molecule has 0 saturated heterocycles. The van der Waals surface area contributed by atoms with Crippen LogP contribution in [-0.4, -0.2) is 28.0 Å². The lowest BCUT2D eigenvalue weighted by Gasteiger charge is -2.03. The van der Waals surface area contributed by atoms with Crippen molar-refractivity contribution in [2.75, 3.05) is 6.61 Å². The second-order valence-corrected chi connectivity index (χ2v) is 5.99. The minimum Gasteiger partial charge on any atom is -0.494 e. The van der Waals surface area contributed by atoms with E-state index in [1.807, 2.05) is 54.6 Å². The van der Waals surface area contributed by atoms with E-state index >= 15 is 0 Å². The van der Waals surface area contributed by atoms with Crippen LogP contribution in [-0.2, 0) is 6.42 Å². The molecule has 3 N–H and O–H groups in total. The number of aromatic hydroxyl groups is 1. The number of nitrogens with one attached hydrogen (secondary N) is 1. The van der Waals surface area contributed by atoms with Crippen LogP contribution in [0.1, 0.15) is 11.1 Å². The lowest BCUT2D eigenvalue weighted by molar-refractivity contribution is 0.300. The average molecular weight is 346 g/mol. The predicted octanol–water partition coefficient (Wildman–Crippen LogP) is 4.42. The molecule has 0 fully saturated rings. The maximum Gasteiger partial charge on any atom is 0.198 e. The SMILES string of the molecule is OCCc1ccccc1N=Cc1c(O)[nH]c2cc(-c3ccco3)ccc12. The van der Waals surface area contributed by atoms with Crippen molar-refractivity contribution in [3.05, 3.63) is 72.0 Å². The molecule has 0 aliphatic rings. The van der Waals surface area contributed by atoms with Crippen LogP contribution in [0.4, 0.5) is 5.69 Å². The predicted molar refractivity (Wildman–Crippen MR) is 102 cm³/mol. The number of rotatable bonds is 5. The van der Waals surface area contributed by atoms with Crippen molar-refractivity contribution in [1.29, 1.82) is 0 Å². The number of aromatic nitrogens is 1. The van der Waals surface area contributed by atoms with Gasteiger partial charge in [0.1, 0.15) is 5.76 Å². The first-order valence-corrected chi connectivity index (χ1v) is 8.37. The highest BCUT2D eigenvalue weighted by Gasteiger charge is 2.11. The van der Waals surface area contributed by atoms with E-state index in [2.05, 4.69) is 9.98 Å². The topological polar surface area (TPSA) is 81.8 Å². The first kappa shape index (κ1) is 16.2. The second kappa shape index (κ2) is 6.90. The molecule has 2 aromatic heterocycles. The van der Waals surface area contributed by atoms with Gasteiger partial charge in [0.05, 0.1) is 17.5 Å². The standard InChI is InChI=1S/C21H18N2O3/c24-10-9-14-4-1-2-5-18(14)22-13-17-16-8-7-15(20-6-3-11-26-20)12-19(16)23-21(17)25/h1-8,11-13,23-25H,9-10H2. The number of benzene rings is 2. The van der Waals surface area contributed by atoms with Crippen LogP contribution >= 0.6 is 0 Å². The highest BCUT2D eigenvalue weighted by Crippen LogP contribution is 2.31. The number of furan rings is 1. The van der Waals surface area contributed by atoms with Crippen molar-refractivity contribution in [2.45, 2.75) is 6.42 Å². The number of hydrogen-bond donors (Lipinski definition) is 3. The van der Waals surface area contributed by atoms with Crippen LogP contribution in [0.3, 0.4) is 0 Å². The summed E-state index contributed by atoms with van der Waals surface area (Å²) in [5, 5.41) is 20.4. The number of hydrogen-bond acceptors (Lipinski definition) is 4. The Labute approximate surface area is 150 Å². The second-order valence-electron chi connectivity index (χ2n) is 5.99. The Bertz CT molecular complexity index is 1060. The smallest absolute Gasteiger partial charge is 0.198 e. The molecule has 4 rings (SSSR count). The highest BCUT2D eigenvalue weighted by atomic mass is 16.3. The van der Waals surface area contributed by atoms with Crippen molar-refractivity contribution in [2.24, 2.45) is 4.99 Å². The van der Waals surface area contributed by atoms with Crippen molar-refractivity contribution in [1.82, 2.24) is 4.98 Å². The molecule has 130 valence electrons. The van der Waals surface area contributed by atoms with Gasteiger partial charge in [-0.05, 0) is 36.2 Å². The van der Waals surface area contributed by atoms with Gasteiger partial charge in [-0.2, -0.15) is 0 Å². The van der Waals surface area contributed by atoms with Crippen LogP contribution in [0.2, 0.25) is 0 Å². The lowest BCUT2D eigenvalue weighted by atomic mass is 10.1. The number of aliphatic hydroxyl groups excluding tert-OH is 1. The molecule has 0 radical (unpaired) electrons. The van der Waals surface area contributed by atoms with E-state index in [4.69, 9.17) is 4.42 Å². The van der Waals surface area contributed by atoms with Crippen molar-refractivity contribution in [3.63, 3.8) is 0 Å². The van der Waals surface area contributed by atoms with E-state index in [1.54, 1.807) is 12.5 Å². The number of aromatic amines is 1. The molecule has 5 nitrogen and oxygen atoms in total. The third kappa shape index (κ3) is 3.00. The number of para-hydroxylation sites is 1. The molecule has 2 heterocycles. The van der Waals surface area contributed by atoms with Crippen LogP contribution in [0.15, 0.2) is 70.3 Å². The van der Waals surface area contributed by atoms with E-state index in [9.17, 15) is 10.2 Å². The zero-order chi connectivity index (χ0) is 17.9. The summed E-state index contributed by atoms with van der Waals surface area (Å²) in [5.41, 5.74) is 4.11. The van der Waals surface area contributed by atoms with E-state index < -0.39 is 0 Å². The summed E-state index contributed by atoms with van der Waals surface area (Å²) in [5.74, 6) is 0.842. The molecule has 2 aromatic carbocycles. The summed E-state index contributed by atoms with van der Waals surface area (Å²) in [4.78, 5) is 7.50. The van der Waals surface area contributed by atoms with E-state index in [0.717, 1.165) is 33.5 Å². The third-order valence-electron chi connectivity index (χ3n) is 4.33. The van der Waals surface area contributed by atoms with Crippen molar-refractivity contribution < 1.29 is 14.6 Å². The minimum atomic E-state index is 0.0694. The Morgan fingerprint density at radius 3 is 2.77 bits per heavy atom. The van der Waals surface area contributed by atoms with Gasteiger partial charge in [0.2, 0.25) is 0 Å². The van der Waals surface area contributed by atoms with Crippen molar-refractivity contribution >= 4 is 22.8 Å². The molecule has 26 heavy (non-hydrogen) atoms. The maximum absolute atomic E-state index is 10.3. The van der Waals surface area contributed by atoms with Crippen LogP contribution in [0.25, 0.3) is 22.2 Å². The Morgan fingerprint density at radius 1 is 1.08 bits per heavy atom. The molecular formula is C21H18N2O3. The number of nitrogens with zero attached hydrogens (tertiary/aromatic N) is 1. The summed E-state index contributed by atoms with van der Waals surface area (Å²) < 4.78 is 5.42. The number of aliphatic imine (C=N–C) groups is 1. The van der Waals surface area contributed by atoms with Gasteiger partial charge in [0, 0.05) is 29.3 Å². The normalized spacial score (nSPS) is 11.6. The lowest BCUT2D eigenvalue weighted by Crippen LogP contribution is -1.91. The van der Waals surface area contributed by atoms with Gasteiger partial charge in [0.15, 0.2) is 5.88 Å². The van der Waals surface area contributed by atoms with Crippen LogP contribution < -0.4 is 0 Å². The highest BCUT2D eigenvalue weighted by molar-refractivity contribution is 6.03. The van der Waals surface area contributed by atoms with Gasteiger partial charge in [-0.15, -0.1) is 0 Å². The zero-order valence-electron chi connectivity index (χ0n) is 14.0. The van der Waals surface area contributed by atoms with Gasteiger partial charge in [0.25, 0.3) is 0 Å². The van der Waals surface area contributed by atoms with Crippen LogP contribution in [0.5, 0.6) is 5.88 Å². The summed E-state index contributed by atoms with van der Waals surface area (Å²) in [6, 6.07) is 17.2. The molecule has 0 amide bonds. The molecule has 0 spiro atoms. The Balaban J connectivity index is 1.72. The summed E-state index contributed by atoms with van der Waals surface area (Å²) in [6.07, 6.45) is 3.82. The number of fused-ring (bicyclic) bond motifs is 1. The van der Waals surface area contributed by atoms with E-state index in [1.165, 1.54) is 0 Å². The molecule has 0 aliphatic heterocycles. The van der Waals surface area contributed by atoms with Gasteiger partial charge >= 0.3 is 0 Å². The molecule has 0 saturated carbocycles. The molecule has 5 heteroatoms. The molecular weight excluding hydrogens is 328 g/mol. The van der Waals surface area contributed by atoms with E-state index in [0.29, 0.717) is 12.0 Å². The summed E-state index contributed by atoms with van der Waals surface area (Å²) in [6.45, 7) is 0.0699. The maximum atomic E-state index is 10.3.